The largest absolute Gasteiger partial charge is 0.320 e. The van der Waals surface area contributed by atoms with Gasteiger partial charge in [-0.25, -0.2) is 4.39 Å². The molecule has 0 aliphatic rings. The van der Waals surface area contributed by atoms with Crippen LogP contribution >= 0.6 is 0 Å². The lowest BCUT2D eigenvalue weighted by Crippen LogP contribution is -2.39. The number of benzene rings is 1. The molecule has 0 saturated carbocycles. The molecule has 3 aromatic rings. The molecule has 0 aliphatic heterocycles. The molecule has 2 heterocycles. The predicted octanol–water partition coefficient (Wildman–Crippen LogP) is 3.20. The number of nitrogens with two attached hydrogens (primary N) is 1. The minimum Gasteiger partial charge on any atom is -0.320 e. The van der Waals surface area contributed by atoms with E-state index in [1.165, 1.54) is 12.1 Å². The second-order valence-corrected chi connectivity index (χ2v) is 6.32. The smallest absolute Gasteiger partial charge is 0.242 e. The first-order valence-corrected chi connectivity index (χ1v) is 8.28. The first-order valence-electron chi connectivity index (χ1n) is 8.28. The maximum Gasteiger partial charge on any atom is 0.242 e. The molecule has 0 fully saturated rings. The zero-order valence-electron chi connectivity index (χ0n) is 14.5. The van der Waals surface area contributed by atoms with Gasteiger partial charge in [-0.15, -0.1) is 0 Å². The summed E-state index contributed by atoms with van der Waals surface area (Å²) < 4.78 is 13.3. The monoisotopic (exact) mass is 353 g/mol. The van der Waals surface area contributed by atoms with Crippen LogP contribution in [-0.4, -0.2) is 27.1 Å². The number of anilines is 1. The fraction of sp³-hybridized carbons (Fsp3) is 0.211. The van der Waals surface area contributed by atoms with Gasteiger partial charge in [0.1, 0.15) is 5.82 Å². The van der Waals surface area contributed by atoms with E-state index >= 15 is 0 Å². The van der Waals surface area contributed by atoms with E-state index in [0.717, 1.165) is 11.1 Å². The Kier molecular flexibility index (Phi) is 5.09. The van der Waals surface area contributed by atoms with Crippen LogP contribution < -0.4 is 11.1 Å². The van der Waals surface area contributed by atoms with Crippen molar-refractivity contribution >= 4 is 11.7 Å². The summed E-state index contributed by atoms with van der Waals surface area (Å²) in [4.78, 5) is 16.4. The van der Waals surface area contributed by atoms with Gasteiger partial charge in [-0.1, -0.05) is 13.8 Å². The molecular weight excluding hydrogens is 333 g/mol. The van der Waals surface area contributed by atoms with Crippen LogP contribution in [0.15, 0.2) is 48.8 Å². The second-order valence-electron chi connectivity index (χ2n) is 6.32. The summed E-state index contributed by atoms with van der Waals surface area (Å²) in [6.07, 6.45) is 3.31. The van der Waals surface area contributed by atoms with Crippen molar-refractivity contribution in [1.82, 2.24) is 15.2 Å². The van der Waals surface area contributed by atoms with Crippen molar-refractivity contribution in [2.75, 3.05) is 5.32 Å². The Labute approximate surface area is 150 Å². The second kappa shape index (κ2) is 7.45. The van der Waals surface area contributed by atoms with Gasteiger partial charge in [0, 0.05) is 18.0 Å². The van der Waals surface area contributed by atoms with E-state index in [0.29, 0.717) is 17.1 Å². The Hall–Kier alpha value is -3.06. The van der Waals surface area contributed by atoms with Gasteiger partial charge < -0.3 is 11.1 Å². The molecule has 134 valence electrons. The van der Waals surface area contributed by atoms with Crippen LogP contribution in [0.1, 0.15) is 13.8 Å². The lowest BCUT2D eigenvalue weighted by molar-refractivity contribution is -0.118. The first kappa shape index (κ1) is 17.8. The molecule has 1 amide bonds. The van der Waals surface area contributed by atoms with Crippen molar-refractivity contribution in [3.63, 3.8) is 0 Å². The predicted molar refractivity (Wildman–Crippen MR) is 98.7 cm³/mol. The topological polar surface area (TPSA) is 96.7 Å². The van der Waals surface area contributed by atoms with Gasteiger partial charge in [-0.05, 0) is 47.9 Å². The summed E-state index contributed by atoms with van der Waals surface area (Å²) >= 11 is 0. The van der Waals surface area contributed by atoms with Crippen LogP contribution in [0.5, 0.6) is 0 Å². The Morgan fingerprint density at radius 3 is 2.38 bits per heavy atom. The Balaban J connectivity index is 2.05. The molecule has 7 heteroatoms. The van der Waals surface area contributed by atoms with E-state index in [1.54, 1.807) is 24.5 Å². The number of carbonyl (C=O) groups excluding carboxylic acids is 1. The zero-order valence-corrected chi connectivity index (χ0v) is 14.5. The molecule has 2 aromatic heterocycles. The fourth-order valence-corrected chi connectivity index (χ4v) is 2.56. The van der Waals surface area contributed by atoms with Gasteiger partial charge in [0.05, 0.1) is 17.3 Å². The minimum atomic E-state index is -0.647. The number of carbonyl (C=O) groups is 1. The maximum absolute atomic E-state index is 13.3. The summed E-state index contributed by atoms with van der Waals surface area (Å²) in [5.41, 5.74) is 8.87. The van der Waals surface area contributed by atoms with Gasteiger partial charge >= 0.3 is 0 Å². The van der Waals surface area contributed by atoms with Crippen LogP contribution in [-0.2, 0) is 4.79 Å². The molecule has 1 unspecified atom stereocenters. The number of H-pyrrole nitrogens is 1. The van der Waals surface area contributed by atoms with Crippen molar-refractivity contribution in [3.05, 3.63) is 54.6 Å². The molecule has 0 bridgehead atoms. The van der Waals surface area contributed by atoms with E-state index in [9.17, 15) is 9.18 Å². The van der Waals surface area contributed by atoms with Crippen molar-refractivity contribution < 1.29 is 9.18 Å². The maximum atomic E-state index is 13.3. The number of nitrogens with zero attached hydrogens (tertiary/aromatic N) is 2. The number of nitrogens with one attached hydrogen (secondary N) is 2. The number of aromatic amines is 1. The van der Waals surface area contributed by atoms with E-state index in [1.807, 2.05) is 26.0 Å². The molecule has 1 atom stereocenters. The molecular formula is C19H20FN5O. The third kappa shape index (κ3) is 3.62. The quantitative estimate of drug-likeness (QED) is 0.656. The van der Waals surface area contributed by atoms with E-state index < -0.39 is 6.04 Å². The third-order valence-electron chi connectivity index (χ3n) is 4.13. The molecule has 6 nitrogen and oxygen atoms in total. The lowest BCUT2D eigenvalue weighted by atomic mass is 10.0. The van der Waals surface area contributed by atoms with Crippen molar-refractivity contribution in [1.29, 1.82) is 0 Å². The van der Waals surface area contributed by atoms with E-state index in [-0.39, 0.29) is 17.6 Å². The van der Waals surface area contributed by atoms with Gasteiger partial charge in [0.2, 0.25) is 5.91 Å². The number of rotatable bonds is 5. The summed E-state index contributed by atoms with van der Waals surface area (Å²) in [5, 5.41) is 9.97. The molecule has 26 heavy (non-hydrogen) atoms. The number of pyridine rings is 1. The number of halogens is 1. The summed E-state index contributed by atoms with van der Waals surface area (Å²) in [7, 11) is 0. The van der Waals surface area contributed by atoms with Crippen molar-refractivity contribution in [2.45, 2.75) is 19.9 Å². The number of amides is 1. The van der Waals surface area contributed by atoms with E-state index in [2.05, 4.69) is 20.5 Å². The highest BCUT2D eigenvalue weighted by Gasteiger charge is 2.22. The summed E-state index contributed by atoms with van der Waals surface area (Å²) in [6, 6.07) is 9.04. The number of aromatic nitrogens is 3. The average Bonchev–Trinajstić information content (AvgIpc) is 3.05. The highest BCUT2D eigenvalue weighted by atomic mass is 19.1. The van der Waals surface area contributed by atoms with Crippen LogP contribution in [0, 0.1) is 11.7 Å². The van der Waals surface area contributed by atoms with Gasteiger partial charge in [-0.3, -0.25) is 14.9 Å². The van der Waals surface area contributed by atoms with E-state index in [4.69, 9.17) is 5.73 Å². The highest BCUT2D eigenvalue weighted by Crippen LogP contribution is 2.36. The normalized spacial score (nSPS) is 12.2. The van der Waals surface area contributed by atoms with Gasteiger partial charge in [0.15, 0.2) is 5.82 Å². The Morgan fingerprint density at radius 1 is 1.12 bits per heavy atom. The molecule has 1 aromatic carbocycles. The van der Waals surface area contributed by atoms with Crippen LogP contribution in [0.25, 0.3) is 22.4 Å². The van der Waals surface area contributed by atoms with Gasteiger partial charge in [-0.2, -0.15) is 5.10 Å². The molecule has 0 spiro atoms. The fourth-order valence-electron chi connectivity index (χ4n) is 2.56. The molecule has 0 aliphatic carbocycles. The Morgan fingerprint density at radius 2 is 1.77 bits per heavy atom. The molecule has 0 saturated heterocycles. The number of hydrogen-bond acceptors (Lipinski definition) is 4. The SMILES string of the molecule is CC(C)C(N)C(=O)Nc1n[nH]c(-c2ccc(F)cc2)c1-c1ccncc1. The van der Waals surface area contributed by atoms with Crippen LogP contribution in [0.4, 0.5) is 10.2 Å². The number of hydrogen-bond donors (Lipinski definition) is 3. The summed E-state index contributed by atoms with van der Waals surface area (Å²) in [5.74, 6) is -0.269. The summed E-state index contributed by atoms with van der Waals surface area (Å²) in [6.45, 7) is 3.75. The third-order valence-corrected chi connectivity index (χ3v) is 4.13. The molecule has 3 rings (SSSR count). The van der Waals surface area contributed by atoms with Crippen molar-refractivity contribution in [2.24, 2.45) is 11.7 Å². The van der Waals surface area contributed by atoms with Crippen LogP contribution in [0.3, 0.4) is 0 Å². The van der Waals surface area contributed by atoms with Gasteiger partial charge in [0.25, 0.3) is 0 Å². The average molecular weight is 353 g/mol. The molecule has 0 radical (unpaired) electrons. The highest BCUT2D eigenvalue weighted by molar-refractivity contribution is 6.00. The van der Waals surface area contributed by atoms with Crippen LogP contribution in [0.2, 0.25) is 0 Å². The standard InChI is InChI=1S/C19H20FN5O/c1-11(2)16(21)19(26)23-18-15(12-7-9-22-10-8-12)17(24-25-18)13-3-5-14(20)6-4-13/h3-11,16H,21H2,1-2H3,(H2,23,24,25,26). The molecule has 4 N–H and O–H groups in total. The zero-order chi connectivity index (χ0) is 18.7. The first-order chi connectivity index (χ1) is 12.5. The Bertz CT molecular complexity index is 890. The minimum absolute atomic E-state index is 0.00474. The lowest BCUT2D eigenvalue weighted by Gasteiger charge is -2.15. The van der Waals surface area contributed by atoms with Crippen molar-refractivity contribution in [3.8, 4) is 22.4 Å².